The van der Waals surface area contributed by atoms with E-state index in [0.717, 1.165) is 37.3 Å². The van der Waals surface area contributed by atoms with Crippen LogP contribution in [0.15, 0.2) is 24.3 Å². The van der Waals surface area contributed by atoms with E-state index in [9.17, 15) is 0 Å². The molecule has 0 aliphatic carbocycles. The van der Waals surface area contributed by atoms with Crippen molar-refractivity contribution in [2.75, 3.05) is 31.3 Å². The van der Waals surface area contributed by atoms with Crippen molar-refractivity contribution in [1.82, 2.24) is 15.1 Å². The number of morpholine rings is 1. The highest BCUT2D eigenvalue weighted by molar-refractivity contribution is 5.74. The number of hydrogen-bond donors (Lipinski definition) is 0. The van der Waals surface area contributed by atoms with Crippen molar-refractivity contribution in [1.29, 1.82) is 0 Å². The predicted octanol–water partition coefficient (Wildman–Crippen LogP) is 0.399. The average Bonchev–Trinajstić information content (AvgIpc) is 2.74. The van der Waals surface area contributed by atoms with Gasteiger partial charge in [-0.15, -0.1) is 5.10 Å². The van der Waals surface area contributed by atoms with Gasteiger partial charge in [-0.1, -0.05) is 12.1 Å². The first-order valence-corrected chi connectivity index (χ1v) is 5.08. The first-order valence-electron chi connectivity index (χ1n) is 5.08. The first-order chi connectivity index (χ1) is 7.45. The quantitative estimate of drug-likeness (QED) is 0.674. The fraction of sp³-hybridized carbons (Fsp3) is 0.400. The van der Waals surface area contributed by atoms with Crippen molar-refractivity contribution in [3.8, 4) is 0 Å². The van der Waals surface area contributed by atoms with Gasteiger partial charge in [0, 0.05) is 0 Å². The number of fused-ring (bicyclic) bond motifs is 1. The van der Waals surface area contributed by atoms with Crippen LogP contribution in [-0.2, 0) is 4.74 Å². The van der Waals surface area contributed by atoms with E-state index in [1.807, 2.05) is 29.1 Å². The lowest BCUT2D eigenvalue weighted by molar-refractivity contribution is 0.109. The molecule has 5 heteroatoms. The van der Waals surface area contributed by atoms with Crippen molar-refractivity contribution >= 4 is 11.0 Å². The summed E-state index contributed by atoms with van der Waals surface area (Å²) in [6, 6.07) is 7.98. The SMILES string of the molecule is c1ccc2c(c1)nnn2N1CCOCC1. The normalized spacial score (nSPS) is 17.2. The number of aromatic nitrogens is 3. The number of para-hydroxylation sites is 1. The van der Waals surface area contributed by atoms with Gasteiger partial charge in [-0.3, -0.25) is 5.01 Å². The van der Waals surface area contributed by atoms with Gasteiger partial charge < -0.3 is 4.74 Å². The van der Waals surface area contributed by atoms with Gasteiger partial charge in [0.2, 0.25) is 0 Å². The molecular weight excluding hydrogens is 192 g/mol. The van der Waals surface area contributed by atoms with Crippen LogP contribution in [0, 0.1) is 0 Å². The van der Waals surface area contributed by atoms with Crippen molar-refractivity contribution < 1.29 is 4.74 Å². The predicted molar refractivity (Wildman–Crippen MR) is 56.3 cm³/mol. The van der Waals surface area contributed by atoms with E-state index in [0.29, 0.717) is 0 Å². The van der Waals surface area contributed by atoms with E-state index in [1.165, 1.54) is 0 Å². The van der Waals surface area contributed by atoms with E-state index >= 15 is 0 Å². The second-order valence-electron chi connectivity index (χ2n) is 3.53. The van der Waals surface area contributed by atoms with Crippen molar-refractivity contribution in [3.63, 3.8) is 0 Å². The molecule has 1 aromatic carbocycles. The molecule has 1 saturated heterocycles. The summed E-state index contributed by atoms with van der Waals surface area (Å²) in [7, 11) is 0. The van der Waals surface area contributed by atoms with Crippen LogP contribution in [-0.4, -0.2) is 41.4 Å². The Morgan fingerprint density at radius 2 is 1.93 bits per heavy atom. The largest absolute Gasteiger partial charge is 0.378 e. The summed E-state index contributed by atoms with van der Waals surface area (Å²) < 4.78 is 5.31. The fourth-order valence-electron chi connectivity index (χ4n) is 1.81. The Morgan fingerprint density at radius 3 is 2.80 bits per heavy atom. The van der Waals surface area contributed by atoms with Crippen LogP contribution in [0.4, 0.5) is 0 Å². The summed E-state index contributed by atoms with van der Waals surface area (Å²) in [5, 5.41) is 10.4. The van der Waals surface area contributed by atoms with Crippen LogP contribution < -0.4 is 5.01 Å². The van der Waals surface area contributed by atoms with E-state index in [2.05, 4.69) is 15.3 Å². The Balaban J connectivity index is 2.02. The molecule has 2 aromatic rings. The molecule has 0 amide bonds. The second kappa shape index (κ2) is 3.51. The average molecular weight is 204 g/mol. The van der Waals surface area contributed by atoms with E-state index in [4.69, 9.17) is 4.74 Å². The Kier molecular flexibility index (Phi) is 2.03. The summed E-state index contributed by atoms with van der Waals surface area (Å²) in [5.74, 6) is 0. The van der Waals surface area contributed by atoms with Crippen LogP contribution in [0.3, 0.4) is 0 Å². The van der Waals surface area contributed by atoms with E-state index in [-0.39, 0.29) is 0 Å². The minimum Gasteiger partial charge on any atom is -0.378 e. The second-order valence-corrected chi connectivity index (χ2v) is 3.53. The van der Waals surface area contributed by atoms with Crippen LogP contribution in [0.2, 0.25) is 0 Å². The standard InChI is InChI=1S/C10H12N4O/c1-2-4-10-9(3-1)11-12-14(10)13-5-7-15-8-6-13/h1-4H,5-8H2. The van der Waals surface area contributed by atoms with E-state index in [1.54, 1.807) is 0 Å². The molecule has 0 radical (unpaired) electrons. The molecule has 2 heterocycles. The molecule has 0 atom stereocenters. The lowest BCUT2D eigenvalue weighted by Crippen LogP contribution is -2.44. The number of ether oxygens (including phenoxy) is 1. The monoisotopic (exact) mass is 204 g/mol. The molecule has 5 nitrogen and oxygen atoms in total. The smallest absolute Gasteiger partial charge is 0.115 e. The van der Waals surface area contributed by atoms with Crippen LogP contribution in [0.1, 0.15) is 0 Å². The minimum absolute atomic E-state index is 0.758. The Bertz CT molecular complexity index is 461. The van der Waals surface area contributed by atoms with Gasteiger partial charge in [0.05, 0.1) is 26.3 Å². The van der Waals surface area contributed by atoms with Crippen LogP contribution in [0.25, 0.3) is 11.0 Å². The molecule has 1 fully saturated rings. The Labute approximate surface area is 87.2 Å². The third-order valence-corrected chi connectivity index (χ3v) is 2.59. The van der Waals surface area contributed by atoms with Gasteiger partial charge in [-0.2, -0.15) is 4.79 Å². The van der Waals surface area contributed by atoms with Crippen LogP contribution >= 0.6 is 0 Å². The third-order valence-electron chi connectivity index (χ3n) is 2.59. The zero-order valence-electron chi connectivity index (χ0n) is 8.33. The fourth-order valence-corrected chi connectivity index (χ4v) is 1.81. The summed E-state index contributed by atoms with van der Waals surface area (Å²) in [4.78, 5) is 1.87. The lowest BCUT2D eigenvalue weighted by atomic mass is 10.3. The highest BCUT2D eigenvalue weighted by atomic mass is 16.5. The molecule has 0 spiro atoms. The molecule has 1 aliphatic rings. The molecule has 1 aliphatic heterocycles. The first kappa shape index (κ1) is 8.67. The van der Waals surface area contributed by atoms with Gasteiger partial charge in [-0.25, -0.2) is 0 Å². The van der Waals surface area contributed by atoms with Gasteiger partial charge in [0.15, 0.2) is 0 Å². The maximum Gasteiger partial charge on any atom is 0.115 e. The molecule has 15 heavy (non-hydrogen) atoms. The molecule has 3 rings (SSSR count). The molecule has 78 valence electrons. The Morgan fingerprint density at radius 1 is 1.13 bits per heavy atom. The highest BCUT2D eigenvalue weighted by Crippen LogP contribution is 2.10. The summed E-state index contributed by atoms with van der Waals surface area (Å²) in [5.41, 5.74) is 1.99. The summed E-state index contributed by atoms with van der Waals surface area (Å²) in [6.45, 7) is 3.25. The van der Waals surface area contributed by atoms with Crippen molar-refractivity contribution in [2.24, 2.45) is 0 Å². The van der Waals surface area contributed by atoms with E-state index < -0.39 is 0 Å². The molecular formula is C10H12N4O. The molecule has 1 aromatic heterocycles. The highest BCUT2D eigenvalue weighted by Gasteiger charge is 2.14. The summed E-state index contributed by atoms with van der Waals surface area (Å²) >= 11 is 0. The number of rotatable bonds is 1. The topological polar surface area (TPSA) is 43.2 Å². The zero-order chi connectivity index (χ0) is 10.1. The molecule has 0 bridgehead atoms. The maximum atomic E-state index is 5.31. The van der Waals surface area contributed by atoms with Crippen LogP contribution in [0.5, 0.6) is 0 Å². The zero-order valence-corrected chi connectivity index (χ0v) is 8.33. The van der Waals surface area contributed by atoms with Gasteiger partial charge in [-0.05, 0) is 17.3 Å². The van der Waals surface area contributed by atoms with Gasteiger partial charge in [0.25, 0.3) is 0 Å². The van der Waals surface area contributed by atoms with Gasteiger partial charge >= 0.3 is 0 Å². The molecule has 0 N–H and O–H groups in total. The number of benzene rings is 1. The molecule has 0 saturated carbocycles. The molecule has 0 unspecified atom stereocenters. The minimum atomic E-state index is 0.758. The van der Waals surface area contributed by atoms with Gasteiger partial charge in [0.1, 0.15) is 11.0 Å². The van der Waals surface area contributed by atoms with Crippen molar-refractivity contribution in [2.45, 2.75) is 0 Å². The summed E-state index contributed by atoms with van der Waals surface area (Å²) in [6.07, 6.45) is 0. The Hall–Kier alpha value is -1.62. The number of nitrogens with zero attached hydrogens (tertiary/aromatic N) is 4. The lowest BCUT2D eigenvalue weighted by Gasteiger charge is -2.28. The third kappa shape index (κ3) is 1.45. The maximum absolute atomic E-state index is 5.31. The van der Waals surface area contributed by atoms with Crippen molar-refractivity contribution in [3.05, 3.63) is 24.3 Å². The number of hydrogen-bond acceptors (Lipinski definition) is 4.